The minimum absolute atomic E-state index is 0.135. The Bertz CT molecular complexity index is 428. The summed E-state index contributed by atoms with van der Waals surface area (Å²) in [5, 5.41) is 13.9. The summed E-state index contributed by atoms with van der Waals surface area (Å²) in [5.41, 5.74) is 0.896. The molecule has 5 heteroatoms. The number of benzene rings is 1. The summed E-state index contributed by atoms with van der Waals surface area (Å²) in [5.74, 6) is -0.383. The lowest BCUT2D eigenvalue weighted by molar-refractivity contribution is -0.120. The molecular weight excluding hydrogens is 233 g/mol. The zero-order valence-electron chi connectivity index (χ0n) is 10.1. The average molecular weight is 249 g/mol. The first-order valence-corrected chi connectivity index (χ1v) is 5.81. The van der Waals surface area contributed by atoms with Crippen molar-refractivity contribution in [1.29, 1.82) is 5.26 Å². The Balaban J connectivity index is 2.12. The second-order valence-electron chi connectivity index (χ2n) is 3.81. The third kappa shape index (κ3) is 5.97. The van der Waals surface area contributed by atoms with Gasteiger partial charge in [-0.05, 0) is 30.7 Å². The molecule has 1 aromatic carbocycles. The molecule has 0 saturated heterocycles. The van der Waals surface area contributed by atoms with Gasteiger partial charge in [0.25, 0.3) is 0 Å². The summed E-state index contributed by atoms with van der Waals surface area (Å²) in [4.78, 5) is 11.2. The lowest BCUT2D eigenvalue weighted by atomic mass is 10.1. The van der Waals surface area contributed by atoms with Crippen LogP contribution in [0.1, 0.15) is 12.0 Å². The van der Waals surface area contributed by atoms with Crippen molar-refractivity contribution in [2.24, 2.45) is 0 Å². The van der Waals surface area contributed by atoms with Gasteiger partial charge in [0, 0.05) is 6.54 Å². The second-order valence-corrected chi connectivity index (χ2v) is 3.81. The van der Waals surface area contributed by atoms with Crippen LogP contribution >= 0.6 is 0 Å². The first-order chi connectivity index (χ1) is 8.72. The number of hydrogen-bond acceptors (Lipinski definition) is 3. The van der Waals surface area contributed by atoms with E-state index in [1.165, 1.54) is 12.1 Å². The van der Waals surface area contributed by atoms with Gasteiger partial charge in [-0.3, -0.25) is 4.79 Å². The topological polar surface area (TPSA) is 64.9 Å². The summed E-state index contributed by atoms with van der Waals surface area (Å²) in [6.07, 6.45) is 0.984. The summed E-state index contributed by atoms with van der Waals surface area (Å²) < 4.78 is 12.9. The molecule has 1 aromatic rings. The van der Waals surface area contributed by atoms with Crippen molar-refractivity contribution < 1.29 is 9.18 Å². The van der Waals surface area contributed by atoms with Gasteiger partial charge in [0.1, 0.15) is 5.82 Å². The molecule has 0 radical (unpaired) electrons. The summed E-state index contributed by atoms with van der Waals surface area (Å²) in [6, 6.07) is 8.34. The predicted molar refractivity (Wildman–Crippen MR) is 66.2 cm³/mol. The van der Waals surface area contributed by atoms with E-state index in [-0.39, 0.29) is 18.3 Å². The van der Waals surface area contributed by atoms with E-state index in [0.29, 0.717) is 25.9 Å². The van der Waals surface area contributed by atoms with Gasteiger partial charge >= 0.3 is 0 Å². The van der Waals surface area contributed by atoms with E-state index >= 15 is 0 Å². The highest BCUT2D eigenvalue weighted by Crippen LogP contribution is 2.03. The largest absolute Gasteiger partial charge is 0.354 e. The lowest BCUT2D eigenvalue weighted by Crippen LogP contribution is -2.35. The molecule has 0 fully saturated rings. The van der Waals surface area contributed by atoms with Crippen molar-refractivity contribution in [2.45, 2.75) is 12.8 Å². The van der Waals surface area contributed by atoms with E-state index < -0.39 is 0 Å². The molecule has 18 heavy (non-hydrogen) atoms. The van der Waals surface area contributed by atoms with Gasteiger partial charge in [0.2, 0.25) is 5.91 Å². The Kier molecular flexibility index (Phi) is 6.44. The van der Waals surface area contributed by atoms with Crippen molar-refractivity contribution in [2.75, 3.05) is 19.6 Å². The number of rotatable bonds is 7. The molecule has 0 aliphatic heterocycles. The Morgan fingerprint density at radius 1 is 1.39 bits per heavy atom. The molecule has 1 amide bonds. The van der Waals surface area contributed by atoms with Crippen molar-refractivity contribution in [3.05, 3.63) is 35.6 Å². The molecule has 4 nitrogen and oxygen atoms in total. The molecule has 0 aliphatic carbocycles. The standard InChI is InChI=1S/C13H16FN3O/c14-12-4-1-3-11(9-12)5-8-16-10-13(18)17-7-2-6-15/h1,3-4,9,16H,2,5,7-8,10H2,(H,17,18). The van der Waals surface area contributed by atoms with Gasteiger partial charge < -0.3 is 10.6 Å². The Morgan fingerprint density at radius 3 is 2.94 bits per heavy atom. The lowest BCUT2D eigenvalue weighted by Gasteiger charge is -2.05. The highest BCUT2D eigenvalue weighted by molar-refractivity contribution is 5.77. The second kappa shape index (κ2) is 8.20. The van der Waals surface area contributed by atoms with E-state index in [1.54, 1.807) is 6.07 Å². The molecule has 0 heterocycles. The minimum Gasteiger partial charge on any atom is -0.354 e. The molecule has 0 bridgehead atoms. The first kappa shape index (κ1) is 14.1. The molecule has 0 unspecified atom stereocenters. The number of carbonyl (C=O) groups excluding carboxylic acids is 1. The Labute approximate surface area is 106 Å². The number of nitrogens with one attached hydrogen (secondary N) is 2. The summed E-state index contributed by atoms with van der Waals surface area (Å²) in [7, 11) is 0. The number of hydrogen-bond donors (Lipinski definition) is 2. The van der Waals surface area contributed by atoms with E-state index in [9.17, 15) is 9.18 Å². The van der Waals surface area contributed by atoms with Crippen LogP contribution < -0.4 is 10.6 Å². The maximum Gasteiger partial charge on any atom is 0.233 e. The van der Waals surface area contributed by atoms with Crippen molar-refractivity contribution >= 4 is 5.91 Å². The van der Waals surface area contributed by atoms with E-state index in [1.807, 2.05) is 12.1 Å². The molecule has 96 valence electrons. The molecule has 0 aromatic heterocycles. The van der Waals surface area contributed by atoms with Gasteiger partial charge in [-0.2, -0.15) is 5.26 Å². The highest BCUT2D eigenvalue weighted by atomic mass is 19.1. The summed E-state index contributed by atoms with van der Waals surface area (Å²) >= 11 is 0. The van der Waals surface area contributed by atoms with Gasteiger partial charge in [-0.15, -0.1) is 0 Å². The van der Waals surface area contributed by atoms with Gasteiger partial charge in [0.15, 0.2) is 0 Å². The van der Waals surface area contributed by atoms with Crippen LogP contribution in [0, 0.1) is 17.1 Å². The van der Waals surface area contributed by atoms with Crippen LogP contribution in [0.2, 0.25) is 0 Å². The molecule has 1 rings (SSSR count). The van der Waals surface area contributed by atoms with Crippen LogP contribution in [-0.4, -0.2) is 25.5 Å². The Hall–Kier alpha value is -1.93. The fourth-order valence-corrected chi connectivity index (χ4v) is 1.45. The molecule has 0 aliphatic rings. The fourth-order valence-electron chi connectivity index (χ4n) is 1.45. The van der Waals surface area contributed by atoms with Crippen molar-refractivity contribution in [3.8, 4) is 6.07 Å². The quantitative estimate of drug-likeness (QED) is 0.708. The SMILES string of the molecule is N#CCCNC(=O)CNCCc1cccc(F)c1. The third-order valence-corrected chi connectivity index (χ3v) is 2.32. The van der Waals surface area contributed by atoms with E-state index in [0.717, 1.165) is 5.56 Å². The summed E-state index contributed by atoms with van der Waals surface area (Å²) in [6.45, 7) is 1.19. The van der Waals surface area contributed by atoms with Crippen LogP contribution in [0.3, 0.4) is 0 Å². The van der Waals surface area contributed by atoms with Crippen molar-refractivity contribution in [3.63, 3.8) is 0 Å². The van der Waals surface area contributed by atoms with Gasteiger partial charge in [0.05, 0.1) is 19.0 Å². The molecular formula is C13H16FN3O. The number of nitrogens with zero attached hydrogens (tertiary/aromatic N) is 1. The van der Waals surface area contributed by atoms with Crippen LogP contribution in [0.15, 0.2) is 24.3 Å². The van der Waals surface area contributed by atoms with E-state index in [2.05, 4.69) is 10.6 Å². The highest BCUT2D eigenvalue weighted by Gasteiger charge is 2.00. The number of nitriles is 1. The number of amides is 1. The normalized spacial score (nSPS) is 9.78. The van der Waals surface area contributed by atoms with Crippen molar-refractivity contribution in [1.82, 2.24) is 10.6 Å². The third-order valence-electron chi connectivity index (χ3n) is 2.32. The van der Waals surface area contributed by atoms with E-state index in [4.69, 9.17) is 5.26 Å². The zero-order valence-corrected chi connectivity index (χ0v) is 10.1. The molecule has 0 atom stereocenters. The maximum atomic E-state index is 12.9. The monoisotopic (exact) mass is 249 g/mol. The van der Waals surface area contributed by atoms with Gasteiger partial charge in [-0.1, -0.05) is 12.1 Å². The Morgan fingerprint density at radius 2 is 2.22 bits per heavy atom. The number of halogens is 1. The average Bonchev–Trinajstić information content (AvgIpc) is 2.35. The van der Waals surface area contributed by atoms with Crippen LogP contribution in [0.5, 0.6) is 0 Å². The van der Waals surface area contributed by atoms with Crippen LogP contribution in [0.4, 0.5) is 4.39 Å². The number of carbonyl (C=O) groups is 1. The van der Waals surface area contributed by atoms with Gasteiger partial charge in [-0.25, -0.2) is 4.39 Å². The molecule has 0 saturated carbocycles. The predicted octanol–water partition coefficient (Wildman–Crippen LogP) is 0.988. The molecule has 2 N–H and O–H groups in total. The minimum atomic E-state index is -0.248. The fraction of sp³-hybridized carbons (Fsp3) is 0.385. The smallest absolute Gasteiger partial charge is 0.233 e. The zero-order chi connectivity index (χ0) is 13.2. The maximum absolute atomic E-state index is 12.9. The van der Waals surface area contributed by atoms with Crippen LogP contribution in [-0.2, 0) is 11.2 Å². The van der Waals surface area contributed by atoms with Crippen LogP contribution in [0.25, 0.3) is 0 Å². The molecule has 0 spiro atoms. The first-order valence-electron chi connectivity index (χ1n) is 5.81.